The van der Waals surface area contributed by atoms with Crippen molar-refractivity contribution in [2.24, 2.45) is 0 Å². The molecular weight excluding hydrogens is 1630 g/mol. The third kappa shape index (κ3) is 18.2. The number of aryl methyl sites for hydroxylation is 6. The molecule has 0 saturated heterocycles. The van der Waals surface area contributed by atoms with Crippen LogP contribution >= 0.6 is 0 Å². The van der Waals surface area contributed by atoms with Crippen LogP contribution in [-0.4, -0.2) is 65.6 Å². The average molecular weight is 1720 g/mol. The molecule has 0 amide bonds. The van der Waals surface area contributed by atoms with Gasteiger partial charge in [0.15, 0.2) is 40.4 Å². The van der Waals surface area contributed by atoms with Crippen LogP contribution in [0.3, 0.4) is 0 Å². The van der Waals surface area contributed by atoms with Gasteiger partial charge in [0.1, 0.15) is 57.5 Å². The van der Waals surface area contributed by atoms with Crippen molar-refractivity contribution in [3.8, 4) is 57.5 Å². The maximum Gasteiger partial charge on any atom is 0.206 e. The van der Waals surface area contributed by atoms with Gasteiger partial charge in [-0.1, -0.05) is 130 Å². The Balaban J connectivity index is 0.000000130. The van der Waals surface area contributed by atoms with E-state index >= 15 is 0 Å². The zero-order chi connectivity index (χ0) is 86.1. The van der Waals surface area contributed by atoms with Gasteiger partial charge in [-0.2, -0.15) is 0 Å². The molecule has 23 heteroatoms. The number of rotatable bonds is 16. The molecule has 0 aromatic heterocycles. The molecule has 0 N–H and O–H groups in total. The van der Waals surface area contributed by atoms with Crippen molar-refractivity contribution in [1.29, 1.82) is 0 Å². The monoisotopic (exact) mass is 1720 g/mol. The Morgan fingerprint density at radius 2 is 0.424 bits per heavy atom. The van der Waals surface area contributed by atoms with Crippen molar-refractivity contribution in [2.75, 3.05) is 69.8 Å². The van der Waals surface area contributed by atoms with E-state index in [0.717, 1.165) is 139 Å². The molecule has 14 aromatic rings. The number of hydrogen-bond acceptors (Lipinski definition) is 20. The lowest BCUT2D eigenvalue weighted by Crippen LogP contribution is -2.32. The van der Waals surface area contributed by atoms with Gasteiger partial charge in [-0.3, -0.25) is 0 Å². The van der Waals surface area contributed by atoms with Crippen molar-refractivity contribution in [2.45, 2.75) is 110 Å². The van der Waals surface area contributed by atoms with Gasteiger partial charge in [0.2, 0.25) is 29.5 Å². The summed E-state index contributed by atoms with van der Waals surface area (Å²) in [5.41, 5.74) is 19.2. The average Bonchev–Trinajstić information content (AvgIpc) is 0.777. The minimum Gasteiger partial charge on any atom is -0.473 e. The van der Waals surface area contributed by atoms with Crippen LogP contribution in [0.4, 0.5) is 34.1 Å². The fraction of sp³-hybridized carbons (Fsp3) is 0.176. The molecule has 0 fully saturated rings. The highest BCUT2D eigenvalue weighted by atomic mass is 32.2. The van der Waals surface area contributed by atoms with Crippen molar-refractivity contribution in [3.05, 3.63) is 370 Å². The molecule has 125 heavy (non-hydrogen) atoms. The van der Waals surface area contributed by atoms with E-state index in [0.29, 0.717) is 76.5 Å². The SMILES string of the molecule is Cc1ccc2c(c1)CN(c1ccc(S(=O)(=O)c3ccc(N4COc5ccc(C)cc5C4)cc3)cc1)CO2.Cc1ccc2c(c1)CN(c1cccc(Oc3ccc(S(=O)(=O)c4ccc(Oc5cccc(N6COc7ccc(C)cc7C6)c5)cc4)cc3)c1)CO2.Cc1ccc2c(c1)CN(c1cccc(S(=O)(=O)c3cccc(N4COc5ccc(C)cc5C4)c3)c1)CO2. The zero-order valence-corrected chi connectivity index (χ0v) is 72.4. The molecule has 632 valence electrons. The van der Waals surface area contributed by atoms with Gasteiger partial charge in [-0.15, -0.1) is 0 Å². The van der Waals surface area contributed by atoms with E-state index in [4.69, 9.17) is 37.9 Å². The quantitative estimate of drug-likeness (QED) is 0.0885. The summed E-state index contributed by atoms with van der Waals surface area (Å²) >= 11 is 0. The molecule has 0 spiro atoms. The van der Waals surface area contributed by atoms with Crippen molar-refractivity contribution >= 4 is 63.6 Å². The summed E-state index contributed by atoms with van der Waals surface area (Å²) in [6.45, 7) is 19.1. The van der Waals surface area contributed by atoms with Crippen molar-refractivity contribution in [1.82, 2.24) is 0 Å². The fourth-order valence-corrected chi connectivity index (χ4v) is 20.0. The largest absolute Gasteiger partial charge is 0.473 e. The first-order chi connectivity index (χ1) is 60.5. The molecular formula is C102H92N6O14S3. The Labute approximate surface area is 729 Å². The molecule has 0 aliphatic carbocycles. The van der Waals surface area contributed by atoms with E-state index in [9.17, 15) is 25.3 Å². The van der Waals surface area contributed by atoms with Crippen LogP contribution < -0.4 is 67.3 Å². The second-order valence-corrected chi connectivity index (χ2v) is 38.0. The summed E-state index contributed by atoms with van der Waals surface area (Å²) in [4.78, 5) is 13.9. The van der Waals surface area contributed by atoms with Crippen LogP contribution in [0.2, 0.25) is 0 Å². The molecule has 0 atom stereocenters. The Hall–Kier alpha value is -13.9. The van der Waals surface area contributed by atoms with Gasteiger partial charge in [0.25, 0.3) is 0 Å². The second kappa shape index (κ2) is 34.8. The Morgan fingerprint density at radius 1 is 0.208 bits per heavy atom. The van der Waals surface area contributed by atoms with E-state index in [1.54, 1.807) is 109 Å². The Bertz CT molecular complexity index is 6380. The van der Waals surface area contributed by atoms with E-state index in [1.807, 2.05) is 155 Å². The van der Waals surface area contributed by atoms with Crippen LogP contribution in [0.15, 0.2) is 333 Å². The van der Waals surface area contributed by atoms with Crippen molar-refractivity contribution < 1.29 is 63.1 Å². The third-order valence-corrected chi connectivity index (χ3v) is 28.2. The number of ether oxygens (including phenoxy) is 8. The van der Waals surface area contributed by atoms with Crippen LogP contribution in [0.5, 0.6) is 57.5 Å². The molecule has 6 aliphatic rings. The van der Waals surface area contributed by atoms with Gasteiger partial charge in [0, 0.05) is 119 Å². The lowest BCUT2D eigenvalue weighted by molar-refractivity contribution is 0.289. The molecule has 6 heterocycles. The first-order valence-electron chi connectivity index (χ1n) is 41.3. The molecule has 6 aliphatic heterocycles. The smallest absolute Gasteiger partial charge is 0.206 e. The fourth-order valence-electron chi connectivity index (χ4n) is 16.1. The van der Waals surface area contributed by atoms with Gasteiger partial charge in [-0.25, -0.2) is 25.3 Å². The lowest BCUT2D eigenvalue weighted by atomic mass is 10.1. The number of fused-ring (bicyclic) bond motifs is 6. The minimum atomic E-state index is -3.77. The zero-order valence-electron chi connectivity index (χ0n) is 70.0. The first-order valence-corrected chi connectivity index (χ1v) is 45.7. The Kier molecular flexibility index (Phi) is 22.9. The second-order valence-electron chi connectivity index (χ2n) is 32.1. The van der Waals surface area contributed by atoms with Crippen LogP contribution in [0, 0.1) is 41.5 Å². The molecule has 0 bridgehead atoms. The topological polar surface area (TPSA) is 196 Å². The maximum absolute atomic E-state index is 13.7. The summed E-state index contributed by atoms with van der Waals surface area (Å²) in [6.07, 6.45) is 0. The van der Waals surface area contributed by atoms with E-state index < -0.39 is 29.5 Å². The first kappa shape index (κ1) is 82.1. The van der Waals surface area contributed by atoms with Gasteiger partial charge >= 0.3 is 0 Å². The molecule has 0 radical (unpaired) electrons. The number of hydrogen-bond donors (Lipinski definition) is 0. The number of benzene rings is 14. The molecule has 20 rings (SSSR count). The summed E-state index contributed by atoms with van der Waals surface area (Å²) in [5.74, 6) is 7.73. The van der Waals surface area contributed by atoms with Crippen molar-refractivity contribution in [3.63, 3.8) is 0 Å². The number of nitrogens with zero attached hydrogens (tertiary/aromatic N) is 6. The highest BCUT2D eigenvalue weighted by Gasteiger charge is 2.29. The third-order valence-electron chi connectivity index (χ3n) is 22.8. The van der Waals surface area contributed by atoms with E-state index in [-0.39, 0.29) is 29.4 Å². The summed E-state index contributed by atoms with van der Waals surface area (Å²) in [6, 6.07) is 93.7. The maximum atomic E-state index is 13.7. The van der Waals surface area contributed by atoms with Gasteiger partial charge in [0.05, 0.1) is 29.4 Å². The predicted molar refractivity (Wildman–Crippen MR) is 485 cm³/mol. The normalized spacial score (nSPS) is 14.4. The molecule has 14 aromatic carbocycles. The Morgan fingerprint density at radius 3 is 0.680 bits per heavy atom. The summed E-state index contributed by atoms with van der Waals surface area (Å²) in [5, 5.41) is 0. The molecule has 0 saturated carbocycles. The number of anilines is 6. The van der Waals surface area contributed by atoms with Crippen LogP contribution in [-0.2, 0) is 68.8 Å². The molecule has 0 unspecified atom stereocenters. The summed E-state index contributed by atoms with van der Waals surface area (Å²) in [7, 11) is -11.1. The van der Waals surface area contributed by atoms with Gasteiger partial charge < -0.3 is 67.3 Å². The summed E-state index contributed by atoms with van der Waals surface area (Å²) < 4.78 is 129. The highest BCUT2D eigenvalue weighted by Crippen LogP contribution is 2.41. The standard InChI is InChI=1S/C42H36N2O6S.2C30H28N2O4S/c1-29-9-19-41-31(21-29)25-43(27-47-41)33-5-3-7-37(23-33)49-35-11-15-39(16-12-35)51(45,46)40-17-13-36(14-18-40)50-38-8-4-6-34(24-38)44-26-32-22-30(2)10-20-42(32)48-28-44;1-21-3-13-29-23(15-21)17-31(19-35-29)25-5-9-27(10-6-25)37(33,34)28-11-7-26(8-12-28)32-18-24-16-22(2)4-14-30(24)36-20-32;1-21-9-11-29-23(13-21)17-31(19-35-29)25-5-3-7-27(15-25)37(33,34)28-8-4-6-26(16-28)32-18-24-14-22(2)10-12-30(24)36-20-32/h3-24H,25-28H2,1-2H3;2*3-16H,17-20H2,1-2H3. The lowest BCUT2D eigenvalue weighted by Gasteiger charge is -2.31. The highest BCUT2D eigenvalue weighted by molar-refractivity contribution is 7.92. The predicted octanol–water partition coefficient (Wildman–Crippen LogP) is 21.1. The van der Waals surface area contributed by atoms with Gasteiger partial charge in [-0.05, 0) is 236 Å². The van der Waals surface area contributed by atoms with E-state index in [1.165, 1.54) is 22.3 Å². The minimum absolute atomic E-state index is 0.171. The number of sulfone groups is 3. The van der Waals surface area contributed by atoms with E-state index in [2.05, 4.69) is 110 Å². The molecule has 20 nitrogen and oxygen atoms in total. The van der Waals surface area contributed by atoms with Crippen LogP contribution in [0.25, 0.3) is 0 Å². The van der Waals surface area contributed by atoms with Crippen LogP contribution in [0.1, 0.15) is 66.8 Å².